The lowest BCUT2D eigenvalue weighted by molar-refractivity contribution is 0.569. The quantitative estimate of drug-likeness (QED) is 0.501. The molecule has 0 heterocycles. The van der Waals surface area contributed by atoms with E-state index in [4.69, 9.17) is 0 Å². The summed E-state index contributed by atoms with van der Waals surface area (Å²) in [4.78, 5) is 0. The third-order valence-electron chi connectivity index (χ3n) is 0.500. The van der Waals surface area contributed by atoms with Crippen LogP contribution in [0.3, 0.4) is 0 Å². The molecule has 0 aromatic carbocycles. The summed E-state index contributed by atoms with van der Waals surface area (Å²) < 4.78 is 9.63. The van der Waals surface area contributed by atoms with Gasteiger partial charge in [0.2, 0.25) is 0 Å². The smallest absolute Gasteiger partial charge is 0.270 e. The van der Waals surface area contributed by atoms with E-state index in [2.05, 4.69) is 13.8 Å². The van der Waals surface area contributed by atoms with Crippen LogP contribution in [0.4, 0.5) is 0 Å². The van der Waals surface area contributed by atoms with Crippen molar-refractivity contribution in [3.63, 3.8) is 0 Å². The fraction of sp³-hybridized carbons (Fsp3) is 1.00. The molecular formula is C6H16OSi. The molecule has 1 nitrogen and oxygen atoms in total. The Morgan fingerprint density at radius 1 is 1.12 bits per heavy atom. The topological polar surface area (TPSA) is 17.1 Å². The normalized spacial score (nSPS) is 7.00. The average Bonchev–Trinajstić information content (AvgIpc) is 1.65. The van der Waals surface area contributed by atoms with E-state index in [-0.39, 0.29) is 0 Å². The van der Waals surface area contributed by atoms with E-state index in [0.29, 0.717) is 0 Å². The van der Waals surface area contributed by atoms with Gasteiger partial charge in [-0.25, -0.2) is 0 Å². The summed E-state index contributed by atoms with van der Waals surface area (Å²) in [6, 6.07) is 0. The van der Waals surface area contributed by atoms with E-state index in [1.807, 2.05) is 0 Å². The summed E-state index contributed by atoms with van der Waals surface area (Å²) >= 11 is 0. The van der Waals surface area contributed by atoms with E-state index in [0.717, 1.165) is 0 Å². The van der Waals surface area contributed by atoms with Gasteiger partial charge < -0.3 is 4.46 Å². The summed E-state index contributed by atoms with van der Waals surface area (Å²) in [7, 11) is -1.13. The monoisotopic (exact) mass is 132 g/mol. The van der Waals surface area contributed by atoms with Gasteiger partial charge in [-0.05, 0) is 13.1 Å². The molecule has 0 bridgehead atoms. The van der Waals surface area contributed by atoms with Crippen LogP contribution in [0.25, 0.3) is 0 Å². The van der Waals surface area contributed by atoms with Gasteiger partial charge in [0.1, 0.15) is 0 Å². The summed E-state index contributed by atoms with van der Waals surface area (Å²) in [6.45, 7) is 7.79. The summed E-state index contributed by atoms with van der Waals surface area (Å²) in [5.41, 5.74) is 0. The summed E-state index contributed by atoms with van der Waals surface area (Å²) in [6.07, 6.45) is 2.64. The Balaban J connectivity index is 0. The Morgan fingerprint density at radius 2 is 1.25 bits per heavy atom. The lowest BCUT2D eigenvalue weighted by atomic mass is 10.4. The lowest BCUT2D eigenvalue weighted by Gasteiger charge is -1.68. The van der Waals surface area contributed by atoms with Crippen molar-refractivity contribution >= 4 is 8.68 Å². The second-order valence-corrected chi connectivity index (χ2v) is 3.72. The summed E-state index contributed by atoms with van der Waals surface area (Å²) in [5, 5.41) is 0. The number of hydrogen-bond donors (Lipinski definition) is 0. The molecule has 0 radical (unpaired) electrons. The molecule has 0 aliphatic rings. The maximum atomic E-state index is 9.63. The van der Waals surface area contributed by atoms with Gasteiger partial charge >= 0.3 is 0 Å². The first kappa shape index (κ1) is 10.9. The van der Waals surface area contributed by atoms with E-state index in [9.17, 15) is 4.46 Å². The minimum Gasteiger partial charge on any atom is -0.389 e. The molecule has 8 heavy (non-hydrogen) atoms. The highest BCUT2D eigenvalue weighted by Crippen LogP contribution is 1.76. The van der Waals surface area contributed by atoms with Gasteiger partial charge in [-0.3, -0.25) is 0 Å². The molecule has 0 saturated carbocycles. The van der Waals surface area contributed by atoms with Crippen molar-refractivity contribution in [2.24, 2.45) is 0 Å². The fourth-order valence-electron chi connectivity index (χ4n) is 0. The van der Waals surface area contributed by atoms with Gasteiger partial charge in [-0.15, -0.1) is 0 Å². The van der Waals surface area contributed by atoms with Crippen LogP contribution in [0, 0.1) is 0 Å². The van der Waals surface area contributed by atoms with Crippen LogP contribution >= 0.6 is 0 Å². The predicted octanol–water partition coefficient (Wildman–Crippen LogP) is 2.47. The van der Waals surface area contributed by atoms with E-state index in [1.165, 1.54) is 12.8 Å². The van der Waals surface area contributed by atoms with E-state index in [1.54, 1.807) is 13.1 Å². The molecule has 0 fully saturated rings. The standard InChI is InChI=1S/C4H10.C2H6OSi/c1-3-4-2;1-4(2)3/h3-4H2,1-2H3;1-2H3. The molecule has 0 spiro atoms. The van der Waals surface area contributed by atoms with Gasteiger partial charge in [0.15, 0.2) is 0 Å². The van der Waals surface area contributed by atoms with Crippen molar-refractivity contribution in [1.82, 2.24) is 0 Å². The molecule has 0 N–H and O–H groups in total. The average molecular weight is 132 g/mol. The molecule has 0 atom stereocenters. The van der Waals surface area contributed by atoms with Gasteiger partial charge in [-0.2, -0.15) is 0 Å². The number of rotatable bonds is 1. The molecule has 0 amide bonds. The zero-order chi connectivity index (χ0) is 6.99. The first-order valence-corrected chi connectivity index (χ1v) is 5.53. The molecule has 0 aliphatic heterocycles. The highest BCUT2D eigenvalue weighted by atomic mass is 28.2. The van der Waals surface area contributed by atoms with E-state index >= 15 is 0 Å². The van der Waals surface area contributed by atoms with E-state index < -0.39 is 8.68 Å². The van der Waals surface area contributed by atoms with Crippen LogP contribution in [0.1, 0.15) is 26.7 Å². The Labute approximate surface area is 53.8 Å². The van der Waals surface area contributed by atoms with Crippen LogP contribution < -0.4 is 0 Å². The Morgan fingerprint density at radius 3 is 1.25 bits per heavy atom. The third kappa shape index (κ3) is 146. The van der Waals surface area contributed by atoms with Crippen molar-refractivity contribution < 1.29 is 4.46 Å². The third-order valence-corrected chi connectivity index (χ3v) is 0.500. The molecule has 0 unspecified atom stereocenters. The first-order chi connectivity index (χ1) is 3.65. The van der Waals surface area contributed by atoms with Crippen LogP contribution in [0.5, 0.6) is 0 Å². The van der Waals surface area contributed by atoms with Crippen molar-refractivity contribution in [3.05, 3.63) is 0 Å². The largest absolute Gasteiger partial charge is 0.389 e. The van der Waals surface area contributed by atoms with Gasteiger partial charge in [0.25, 0.3) is 8.68 Å². The molecule has 0 aromatic heterocycles. The zero-order valence-corrected chi connectivity index (χ0v) is 7.32. The molecule has 50 valence electrons. The maximum Gasteiger partial charge on any atom is 0.270 e. The van der Waals surface area contributed by atoms with Crippen molar-refractivity contribution in [2.45, 2.75) is 39.8 Å². The summed E-state index contributed by atoms with van der Waals surface area (Å²) in [5.74, 6) is 0. The maximum absolute atomic E-state index is 9.63. The van der Waals surface area contributed by atoms with Crippen molar-refractivity contribution in [3.8, 4) is 0 Å². The minimum atomic E-state index is -1.13. The second-order valence-electron chi connectivity index (χ2n) is 1.91. The molecule has 0 aromatic rings. The molecule has 0 saturated heterocycles. The van der Waals surface area contributed by atoms with Crippen LogP contribution in [0.2, 0.25) is 13.1 Å². The fourth-order valence-corrected chi connectivity index (χ4v) is 0. The van der Waals surface area contributed by atoms with Gasteiger partial charge in [0.05, 0.1) is 0 Å². The number of hydrogen-bond acceptors (Lipinski definition) is 1. The Bertz CT molecular complexity index is 46.5. The molecular weight excluding hydrogens is 116 g/mol. The molecule has 0 aliphatic carbocycles. The Hall–Kier alpha value is 0.0169. The van der Waals surface area contributed by atoms with Crippen molar-refractivity contribution in [1.29, 1.82) is 0 Å². The van der Waals surface area contributed by atoms with Crippen LogP contribution in [-0.2, 0) is 4.46 Å². The van der Waals surface area contributed by atoms with Crippen molar-refractivity contribution in [2.75, 3.05) is 0 Å². The molecule has 2 heteroatoms. The zero-order valence-electron chi connectivity index (χ0n) is 6.32. The lowest BCUT2D eigenvalue weighted by Crippen LogP contribution is -1.72. The van der Waals surface area contributed by atoms with Gasteiger partial charge in [0, 0.05) is 0 Å². The SMILES string of the molecule is CCCC.C[Si](C)=O. The Kier molecular flexibility index (Phi) is 13.8. The predicted molar refractivity (Wildman–Crippen MR) is 38.8 cm³/mol. The second kappa shape index (κ2) is 10.1. The van der Waals surface area contributed by atoms with Crippen LogP contribution in [-0.4, -0.2) is 8.68 Å². The van der Waals surface area contributed by atoms with Crippen LogP contribution in [0.15, 0.2) is 0 Å². The first-order valence-electron chi connectivity index (χ1n) is 3.12. The highest BCUT2D eigenvalue weighted by molar-refractivity contribution is 6.38. The molecule has 0 rings (SSSR count). The number of unbranched alkanes of at least 4 members (excludes halogenated alkanes) is 1. The minimum absolute atomic E-state index is 1.13. The highest BCUT2D eigenvalue weighted by Gasteiger charge is 1.69. The van der Waals surface area contributed by atoms with Gasteiger partial charge in [-0.1, -0.05) is 26.7 Å².